The van der Waals surface area contributed by atoms with Crippen molar-refractivity contribution < 1.29 is 23.5 Å². The van der Waals surface area contributed by atoms with Gasteiger partial charge in [-0.05, 0) is 30.2 Å². The lowest BCUT2D eigenvalue weighted by molar-refractivity contribution is 0.00775. The maximum Gasteiger partial charge on any atom is 0.415 e. The third-order valence-corrected chi connectivity index (χ3v) is 5.99. The zero-order valence-electron chi connectivity index (χ0n) is 19.0. The smallest absolute Gasteiger partial charge is 0.415 e. The first-order chi connectivity index (χ1) is 15.1. The van der Waals surface area contributed by atoms with Gasteiger partial charge in [0.1, 0.15) is 17.7 Å². The number of ether oxygens (including phenoxy) is 2. The molecule has 32 heavy (non-hydrogen) atoms. The minimum Gasteiger partial charge on any atom is -0.453 e. The van der Waals surface area contributed by atoms with Crippen LogP contribution < -0.4 is 10.1 Å². The van der Waals surface area contributed by atoms with Gasteiger partial charge in [0.25, 0.3) is 0 Å². The van der Waals surface area contributed by atoms with Crippen molar-refractivity contribution >= 4 is 12.1 Å². The summed E-state index contributed by atoms with van der Waals surface area (Å²) in [5.41, 5.74) is 2.67. The van der Waals surface area contributed by atoms with E-state index < -0.39 is 18.2 Å². The molecule has 1 saturated heterocycles. The number of rotatable bonds is 3. The molecule has 1 unspecified atom stereocenters. The van der Waals surface area contributed by atoms with Gasteiger partial charge in [-0.15, -0.1) is 0 Å². The number of fused-ring (bicyclic) bond motifs is 1. The third-order valence-electron chi connectivity index (χ3n) is 5.99. The van der Waals surface area contributed by atoms with E-state index in [1.165, 1.54) is 6.07 Å². The Balaban J connectivity index is 1.75. The number of hydrogen-bond acceptors (Lipinski definition) is 5. The molecule has 4 rings (SSSR count). The highest BCUT2D eigenvalue weighted by Gasteiger charge is 2.41. The van der Waals surface area contributed by atoms with Crippen LogP contribution in [-0.2, 0) is 11.2 Å². The second-order valence-corrected chi connectivity index (χ2v) is 9.52. The van der Waals surface area contributed by atoms with Crippen LogP contribution in [0.15, 0.2) is 30.3 Å². The molecule has 0 spiro atoms. The highest BCUT2D eigenvalue weighted by molar-refractivity contribution is 5.97. The van der Waals surface area contributed by atoms with Gasteiger partial charge in [0.15, 0.2) is 0 Å². The van der Waals surface area contributed by atoms with Crippen LogP contribution >= 0.6 is 0 Å². The molecule has 0 saturated carbocycles. The summed E-state index contributed by atoms with van der Waals surface area (Å²) in [6, 6.07) is 8.51. The van der Waals surface area contributed by atoms with Crippen LogP contribution in [0.25, 0.3) is 0 Å². The summed E-state index contributed by atoms with van der Waals surface area (Å²) in [5, 5.41) is 3.20. The zero-order chi connectivity index (χ0) is 23.0. The van der Waals surface area contributed by atoms with Crippen LogP contribution in [0.2, 0.25) is 0 Å². The van der Waals surface area contributed by atoms with E-state index in [-0.39, 0.29) is 17.7 Å². The number of nitrogens with zero attached hydrogens (tertiary/aromatic N) is 1. The molecule has 0 aliphatic carbocycles. The van der Waals surface area contributed by atoms with Crippen LogP contribution in [0.4, 0.5) is 9.18 Å². The quantitative estimate of drug-likeness (QED) is 0.717. The van der Waals surface area contributed by atoms with Crippen molar-refractivity contribution in [3.63, 3.8) is 0 Å². The summed E-state index contributed by atoms with van der Waals surface area (Å²) in [6.07, 6.45) is -0.616. The number of aryl methyl sites for hydroxylation is 1. The van der Waals surface area contributed by atoms with E-state index in [1.54, 1.807) is 30.0 Å². The van der Waals surface area contributed by atoms with Crippen LogP contribution in [0.5, 0.6) is 5.75 Å². The maximum absolute atomic E-state index is 14.2. The molecule has 1 N–H and O–H groups in total. The summed E-state index contributed by atoms with van der Waals surface area (Å²) < 4.78 is 25.7. The number of amides is 1. The van der Waals surface area contributed by atoms with Crippen molar-refractivity contribution in [1.82, 2.24) is 10.2 Å². The number of hydrogen-bond donors (Lipinski definition) is 1. The number of cyclic esters (lactones) is 1. The Morgan fingerprint density at radius 2 is 1.94 bits per heavy atom. The number of carbonyl (C=O) groups excluding carboxylic acids is 2. The Bertz CT molecular complexity index is 1050. The number of esters is 1. The Morgan fingerprint density at radius 1 is 1.22 bits per heavy atom. The predicted molar refractivity (Wildman–Crippen MR) is 118 cm³/mol. The van der Waals surface area contributed by atoms with E-state index in [4.69, 9.17) is 9.47 Å². The van der Waals surface area contributed by atoms with Crippen LogP contribution in [0.3, 0.4) is 0 Å². The van der Waals surface area contributed by atoms with Gasteiger partial charge in [0, 0.05) is 49.1 Å². The number of nitrogens with one attached hydrogen (secondary N) is 1. The fraction of sp³-hybridized carbons (Fsp3) is 0.440. The van der Waals surface area contributed by atoms with Crippen molar-refractivity contribution in [3.05, 3.63) is 64.0 Å². The zero-order valence-corrected chi connectivity index (χ0v) is 19.0. The third kappa shape index (κ3) is 4.35. The number of carbonyl (C=O) groups is 2. The molecule has 2 aromatic carbocycles. The second kappa shape index (κ2) is 8.54. The molecule has 2 aliphatic rings. The van der Waals surface area contributed by atoms with E-state index in [9.17, 15) is 14.0 Å². The Labute approximate surface area is 187 Å². The monoisotopic (exact) mass is 440 g/mol. The fourth-order valence-corrected chi connectivity index (χ4v) is 4.21. The number of benzene rings is 2. The normalized spacial score (nSPS) is 18.3. The Hall–Kier alpha value is -2.93. The van der Waals surface area contributed by atoms with Crippen molar-refractivity contribution in [3.8, 4) is 5.75 Å². The van der Waals surface area contributed by atoms with Crippen molar-refractivity contribution in [2.45, 2.75) is 40.2 Å². The first kappa shape index (κ1) is 22.3. The van der Waals surface area contributed by atoms with Gasteiger partial charge in [0.05, 0.1) is 5.56 Å². The lowest BCUT2D eigenvalue weighted by atomic mass is 9.83. The van der Waals surface area contributed by atoms with Gasteiger partial charge in [-0.1, -0.05) is 39.0 Å². The summed E-state index contributed by atoms with van der Waals surface area (Å²) >= 11 is 0. The van der Waals surface area contributed by atoms with E-state index in [2.05, 4.69) is 5.32 Å². The molecule has 0 aromatic heterocycles. The predicted octanol–water partition coefficient (Wildman–Crippen LogP) is 4.39. The second-order valence-electron chi connectivity index (χ2n) is 9.52. The molecule has 170 valence electrons. The Kier molecular flexibility index (Phi) is 5.95. The topological polar surface area (TPSA) is 67.9 Å². The molecule has 2 aliphatic heterocycles. The molecular weight excluding hydrogens is 411 g/mol. The summed E-state index contributed by atoms with van der Waals surface area (Å²) in [4.78, 5) is 27.3. The number of halogens is 1. The maximum atomic E-state index is 14.2. The van der Waals surface area contributed by atoms with Crippen molar-refractivity contribution in [1.29, 1.82) is 0 Å². The molecule has 2 heterocycles. The average Bonchev–Trinajstić information content (AvgIpc) is 3.10. The first-order valence-electron chi connectivity index (χ1n) is 10.9. The largest absolute Gasteiger partial charge is 0.453 e. The Morgan fingerprint density at radius 3 is 2.59 bits per heavy atom. The van der Waals surface area contributed by atoms with Gasteiger partial charge in [-0.3, -0.25) is 0 Å². The van der Waals surface area contributed by atoms with Crippen LogP contribution in [-0.4, -0.2) is 43.1 Å². The standard InChI is InChI=1S/C25H29FN2O4/c1-15-5-6-16(14-19(15)26)13-18-20(31-24(30)28-11-9-27-10-12-28)8-7-17-21(18)23(29)32-22(17)25(2,3)4/h5-8,14,22,27H,9-13H2,1-4H3. The molecule has 1 amide bonds. The van der Waals surface area contributed by atoms with Gasteiger partial charge >= 0.3 is 12.1 Å². The molecule has 0 bridgehead atoms. The highest BCUT2D eigenvalue weighted by Crippen LogP contribution is 2.46. The van der Waals surface area contributed by atoms with Gasteiger partial charge in [-0.25, -0.2) is 14.0 Å². The minimum atomic E-state index is -0.457. The van der Waals surface area contributed by atoms with E-state index in [0.717, 1.165) is 5.56 Å². The summed E-state index contributed by atoms with van der Waals surface area (Å²) in [5.74, 6) is -0.452. The molecule has 1 fully saturated rings. The molecule has 2 aromatic rings. The number of piperazine rings is 1. The first-order valence-corrected chi connectivity index (χ1v) is 10.9. The molecular formula is C25H29FN2O4. The minimum absolute atomic E-state index is 0.247. The van der Waals surface area contributed by atoms with Crippen molar-refractivity contribution in [2.75, 3.05) is 26.2 Å². The fourth-order valence-electron chi connectivity index (χ4n) is 4.21. The van der Waals surface area contributed by atoms with Crippen LogP contribution in [0, 0.1) is 18.2 Å². The van der Waals surface area contributed by atoms with E-state index >= 15 is 0 Å². The summed E-state index contributed by atoms with van der Waals surface area (Å²) in [6.45, 7) is 10.2. The van der Waals surface area contributed by atoms with Gasteiger partial charge in [0.2, 0.25) is 0 Å². The highest BCUT2D eigenvalue weighted by atomic mass is 19.1. The van der Waals surface area contributed by atoms with E-state index in [0.29, 0.717) is 54.2 Å². The van der Waals surface area contributed by atoms with Crippen LogP contribution in [0.1, 0.15) is 59.5 Å². The summed E-state index contributed by atoms with van der Waals surface area (Å²) in [7, 11) is 0. The molecule has 7 heteroatoms. The average molecular weight is 441 g/mol. The lowest BCUT2D eigenvalue weighted by Gasteiger charge is -2.27. The molecule has 0 radical (unpaired) electrons. The molecule has 6 nitrogen and oxygen atoms in total. The lowest BCUT2D eigenvalue weighted by Crippen LogP contribution is -2.47. The SMILES string of the molecule is Cc1ccc(Cc2c(OC(=O)N3CCNCC3)ccc3c2C(=O)OC3C(C)(C)C)cc1F. The van der Waals surface area contributed by atoms with Crippen molar-refractivity contribution in [2.24, 2.45) is 5.41 Å². The molecule has 1 atom stereocenters. The van der Waals surface area contributed by atoms with Gasteiger partial charge < -0.3 is 19.7 Å². The van der Waals surface area contributed by atoms with E-state index in [1.807, 2.05) is 26.8 Å². The van der Waals surface area contributed by atoms with Gasteiger partial charge in [-0.2, -0.15) is 0 Å².